The van der Waals surface area contributed by atoms with Crippen LogP contribution < -0.4 is 15.0 Å². The summed E-state index contributed by atoms with van der Waals surface area (Å²) in [5.74, 6) is 1.33. The van der Waals surface area contributed by atoms with Crippen LogP contribution in [0.25, 0.3) is 10.8 Å². The number of hydrogen-bond donors (Lipinski definition) is 2. The van der Waals surface area contributed by atoms with E-state index in [1.807, 2.05) is 47.4 Å². The molecular formula is C23H24ClN5O2. The van der Waals surface area contributed by atoms with Gasteiger partial charge in [-0.05, 0) is 24.1 Å². The van der Waals surface area contributed by atoms with E-state index in [-0.39, 0.29) is 6.61 Å². The lowest BCUT2D eigenvalue weighted by atomic mass is 9.83. The van der Waals surface area contributed by atoms with Gasteiger partial charge in [0.1, 0.15) is 11.8 Å². The minimum atomic E-state index is -0.568. The first-order valence-corrected chi connectivity index (χ1v) is 10.5. The van der Waals surface area contributed by atoms with E-state index in [4.69, 9.17) is 16.3 Å². The number of fused-ring (bicyclic) bond motifs is 1. The first-order valence-electron chi connectivity index (χ1n) is 10.1. The molecule has 31 heavy (non-hydrogen) atoms. The molecule has 1 fully saturated rings. The quantitative estimate of drug-likeness (QED) is 0.610. The number of aliphatic hydroxyl groups excluding tert-OH is 1. The molecule has 1 saturated heterocycles. The van der Waals surface area contributed by atoms with Crippen LogP contribution in [0.3, 0.4) is 0 Å². The minimum Gasteiger partial charge on any atom is -0.495 e. The lowest BCUT2D eigenvalue weighted by molar-refractivity contribution is 0.125. The van der Waals surface area contributed by atoms with Crippen molar-refractivity contribution in [2.75, 3.05) is 25.2 Å². The van der Waals surface area contributed by atoms with Crippen LogP contribution in [-0.2, 0) is 6.54 Å². The Bertz CT molecular complexity index is 1110. The van der Waals surface area contributed by atoms with E-state index >= 15 is 0 Å². The number of methoxy groups -OCH3 is 1. The molecule has 2 N–H and O–H groups in total. The van der Waals surface area contributed by atoms with Gasteiger partial charge in [-0.1, -0.05) is 41.9 Å². The highest BCUT2D eigenvalue weighted by Gasteiger charge is 2.40. The summed E-state index contributed by atoms with van der Waals surface area (Å²) < 4.78 is 5.20. The predicted molar refractivity (Wildman–Crippen MR) is 120 cm³/mol. The Balaban J connectivity index is 1.53. The zero-order valence-corrected chi connectivity index (χ0v) is 18.0. The highest BCUT2D eigenvalue weighted by molar-refractivity contribution is 6.32. The summed E-state index contributed by atoms with van der Waals surface area (Å²) in [5, 5.41) is 34.6. The van der Waals surface area contributed by atoms with E-state index in [9.17, 15) is 10.4 Å². The number of nitriles is 1. The van der Waals surface area contributed by atoms with Crippen LogP contribution in [0.15, 0.2) is 48.7 Å². The Labute approximate surface area is 186 Å². The summed E-state index contributed by atoms with van der Waals surface area (Å²) in [5.41, 5.74) is 0.413. The van der Waals surface area contributed by atoms with Crippen molar-refractivity contribution >= 4 is 28.2 Å². The average Bonchev–Trinajstić information content (AvgIpc) is 2.82. The topological polar surface area (TPSA) is 94.3 Å². The third kappa shape index (κ3) is 4.28. The summed E-state index contributed by atoms with van der Waals surface area (Å²) in [6.45, 7) is 1.04. The Kier molecular flexibility index (Phi) is 6.23. The van der Waals surface area contributed by atoms with Crippen molar-refractivity contribution in [1.82, 2.24) is 15.5 Å². The van der Waals surface area contributed by atoms with Gasteiger partial charge in [-0.15, -0.1) is 5.10 Å². The van der Waals surface area contributed by atoms with Crippen molar-refractivity contribution in [2.45, 2.75) is 31.0 Å². The molecule has 0 saturated carbocycles. The van der Waals surface area contributed by atoms with Gasteiger partial charge in [0.15, 0.2) is 5.82 Å². The highest BCUT2D eigenvalue weighted by atomic mass is 35.5. The van der Waals surface area contributed by atoms with E-state index in [1.54, 1.807) is 13.3 Å². The number of anilines is 1. The number of piperidine rings is 1. The fraction of sp³-hybridized carbons (Fsp3) is 0.348. The van der Waals surface area contributed by atoms with Crippen molar-refractivity contribution < 1.29 is 9.84 Å². The van der Waals surface area contributed by atoms with Crippen molar-refractivity contribution in [3.63, 3.8) is 0 Å². The highest BCUT2D eigenvalue weighted by Crippen LogP contribution is 2.33. The molecule has 0 amide bonds. The van der Waals surface area contributed by atoms with Crippen molar-refractivity contribution in [3.8, 4) is 11.8 Å². The second-order valence-corrected chi connectivity index (χ2v) is 8.22. The Morgan fingerprint density at radius 3 is 2.94 bits per heavy atom. The minimum absolute atomic E-state index is 0.0654. The smallest absolute Gasteiger partial charge is 0.160 e. The maximum absolute atomic E-state index is 10.2. The van der Waals surface area contributed by atoms with Gasteiger partial charge in [-0.3, -0.25) is 0 Å². The van der Waals surface area contributed by atoms with Crippen LogP contribution in [0.1, 0.15) is 18.4 Å². The monoisotopic (exact) mass is 437 g/mol. The van der Waals surface area contributed by atoms with Crippen LogP contribution >= 0.6 is 11.6 Å². The molecule has 2 aromatic carbocycles. The Morgan fingerprint density at radius 1 is 1.35 bits per heavy atom. The third-order valence-electron chi connectivity index (χ3n) is 5.95. The molecule has 1 aliphatic heterocycles. The Hall–Kier alpha value is -2.92. The third-order valence-corrected chi connectivity index (χ3v) is 6.25. The molecule has 2 heterocycles. The van der Waals surface area contributed by atoms with Gasteiger partial charge in [0.05, 0.1) is 31.0 Å². The van der Waals surface area contributed by atoms with Crippen LogP contribution in [0.5, 0.6) is 5.75 Å². The number of rotatable bonds is 6. The SMILES string of the molecule is COc1ccc(CNC2(CO)CCN(c3nncc4ccccc34)C(C#N)C2)cc1Cl. The number of aliphatic hydroxyl groups is 1. The van der Waals surface area contributed by atoms with E-state index in [1.165, 1.54) is 0 Å². The second-order valence-electron chi connectivity index (χ2n) is 7.81. The van der Waals surface area contributed by atoms with Crippen molar-refractivity contribution in [2.24, 2.45) is 0 Å². The summed E-state index contributed by atoms with van der Waals surface area (Å²) in [7, 11) is 1.58. The molecule has 2 unspecified atom stereocenters. The number of hydrogen-bond acceptors (Lipinski definition) is 7. The van der Waals surface area contributed by atoms with Crippen LogP contribution in [0, 0.1) is 11.3 Å². The van der Waals surface area contributed by atoms with Gasteiger partial charge in [-0.2, -0.15) is 10.4 Å². The first-order chi connectivity index (χ1) is 15.1. The molecule has 4 rings (SSSR count). The zero-order chi connectivity index (χ0) is 21.8. The average molecular weight is 438 g/mol. The maximum atomic E-state index is 10.2. The first kappa shape index (κ1) is 21.3. The van der Waals surface area contributed by atoms with E-state index in [0.29, 0.717) is 42.5 Å². The standard InChI is InChI=1S/C23H24ClN5O2/c1-31-21-7-6-16(10-20(21)24)13-26-23(15-30)8-9-29(18(11-23)12-25)22-19-5-3-2-4-17(19)14-27-28-22/h2-7,10,14,18,26,30H,8-9,11,13,15H2,1H3. The zero-order valence-electron chi connectivity index (χ0n) is 17.3. The molecule has 3 aromatic rings. The van der Waals surface area contributed by atoms with E-state index < -0.39 is 11.6 Å². The second kappa shape index (κ2) is 9.06. The molecular weight excluding hydrogens is 414 g/mol. The molecule has 0 radical (unpaired) electrons. The maximum Gasteiger partial charge on any atom is 0.160 e. The van der Waals surface area contributed by atoms with E-state index in [2.05, 4.69) is 21.6 Å². The number of ether oxygens (including phenoxy) is 1. The number of aromatic nitrogens is 2. The van der Waals surface area contributed by atoms with Gasteiger partial charge >= 0.3 is 0 Å². The van der Waals surface area contributed by atoms with Gasteiger partial charge in [0.25, 0.3) is 0 Å². The predicted octanol–water partition coefficient (Wildman–Crippen LogP) is 3.31. The van der Waals surface area contributed by atoms with Crippen molar-refractivity contribution in [3.05, 3.63) is 59.2 Å². The number of nitrogens with one attached hydrogen (secondary N) is 1. The van der Waals surface area contributed by atoms with E-state index in [0.717, 1.165) is 16.3 Å². The normalized spacial score (nSPS) is 21.1. The lowest BCUT2D eigenvalue weighted by Crippen LogP contribution is -2.59. The molecule has 1 aliphatic rings. The molecule has 0 spiro atoms. The molecule has 7 nitrogen and oxygen atoms in total. The summed E-state index contributed by atoms with van der Waals surface area (Å²) in [4.78, 5) is 2.00. The van der Waals surface area contributed by atoms with Gasteiger partial charge in [0.2, 0.25) is 0 Å². The molecule has 160 valence electrons. The molecule has 8 heteroatoms. The van der Waals surface area contributed by atoms with Gasteiger partial charge in [-0.25, -0.2) is 0 Å². The largest absolute Gasteiger partial charge is 0.495 e. The molecule has 0 aliphatic carbocycles. The summed E-state index contributed by atoms with van der Waals surface area (Å²) in [6, 6.07) is 15.5. The molecule has 0 bridgehead atoms. The lowest BCUT2D eigenvalue weighted by Gasteiger charge is -2.44. The van der Waals surface area contributed by atoms with Crippen LogP contribution in [0.4, 0.5) is 5.82 Å². The number of nitrogens with zero attached hydrogens (tertiary/aromatic N) is 4. The summed E-state index contributed by atoms with van der Waals surface area (Å²) >= 11 is 6.24. The fourth-order valence-electron chi connectivity index (χ4n) is 4.14. The fourth-order valence-corrected chi connectivity index (χ4v) is 4.42. The number of benzene rings is 2. The molecule has 1 aromatic heterocycles. The summed E-state index contributed by atoms with van der Waals surface area (Å²) in [6.07, 6.45) is 2.86. The van der Waals surface area contributed by atoms with Gasteiger partial charge in [0, 0.05) is 35.8 Å². The van der Waals surface area contributed by atoms with Crippen LogP contribution in [0.2, 0.25) is 5.02 Å². The molecule has 2 atom stereocenters. The number of halogens is 1. The van der Waals surface area contributed by atoms with Crippen molar-refractivity contribution in [1.29, 1.82) is 5.26 Å². The Morgan fingerprint density at radius 2 is 2.19 bits per heavy atom. The van der Waals surface area contributed by atoms with Crippen LogP contribution in [-0.4, -0.2) is 47.1 Å². The van der Waals surface area contributed by atoms with Gasteiger partial charge < -0.3 is 20.1 Å².